The van der Waals surface area contributed by atoms with E-state index in [0.29, 0.717) is 5.75 Å². The molecule has 25 heavy (non-hydrogen) atoms. The number of hydrogen-bond donors (Lipinski definition) is 1. The maximum absolute atomic E-state index is 12.1. The number of amides is 1. The summed E-state index contributed by atoms with van der Waals surface area (Å²) in [5.74, 6) is 0.412. The first-order valence-corrected chi connectivity index (χ1v) is 9.43. The number of oxime groups is 1. The number of benzene rings is 2. The van der Waals surface area contributed by atoms with Gasteiger partial charge in [-0.05, 0) is 17.7 Å². The highest BCUT2D eigenvalue weighted by Crippen LogP contribution is 2.32. The van der Waals surface area contributed by atoms with E-state index in [0.717, 1.165) is 21.0 Å². The fourth-order valence-electron chi connectivity index (χ4n) is 2.35. The van der Waals surface area contributed by atoms with E-state index in [9.17, 15) is 4.79 Å². The van der Waals surface area contributed by atoms with Crippen LogP contribution >= 0.6 is 23.1 Å². The maximum Gasteiger partial charge on any atom is 0.273 e. The van der Waals surface area contributed by atoms with Crippen LogP contribution in [-0.4, -0.2) is 30.8 Å². The van der Waals surface area contributed by atoms with Crippen molar-refractivity contribution in [3.63, 3.8) is 0 Å². The van der Waals surface area contributed by atoms with Gasteiger partial charge in [0, 0.05) is 18.4 Å². The number of nitrogens with one attached hydrogen (secondary N) is 1. The smallest absolute Gasteiger partial charge is 0.273 e. The van der Waals surface area contributed by atoms with E-state index in [1.807, 2.05) is 42.5 Å². The molecule has 128 valence electrons. The van der Waals surface area contributed by atoms with Crippen molar-refractivity contribution < 1.29 is 9.63 Å². The molecule has 0 bridgehead atoms. The summed E-state index contributed by atoms with van der Waals surface area (Å²) in [6.45, 7) is 0. The molecular weight excluding hydrogens is 354 g/mol. The minimum Gasteiger partial charge on any atom is -0.398 e. The molecule has 1 heterocycles. The Morgan fingerprint density at radius 1 is 1.24 bits per heavy atom. The Morgan fingerprint density at radius 2 is 2.00 bits per heavy atom. The molecule has 0 saturated heterocycles. The zero-order chi connectivity index (χ0) is 17.6. The van der Waals surface area contributed by atoms with Crippen LogP contribution < -0.4 is 5.32 Å². The summed E-state index contributed by atoms with van der Waals surface area (Å²) in [5.41, 5.74) is 3.05. The lowest BCUT2D eigenvalue weighted by atomic mass is 10.0. The molecule has 3 aromatic rings. The van der Waals surface area contributed by atoms with Crippen LogP contribution in [0.25, 0.3) is 10.2 Å². The number of para-hydroxylation sites is 1. The predicted molar refractivity (Wildman–Crippen MR) is 103 cm³/mol. The van der Waals surface area contributed by atoms with E-state index in [1.54, 1.807) is 30.1 Å². The molecular formula is C18H17N3O2S2. The monoisotopic (exact) mass is 371 g/mol. The third-order valence-corrected chi connectivity index (χ3v) is 5.75. The number of fused-ring (bicyclic) bond motifs is 1. The Labute approximate surface area is 154 Å². The average Bonchev–Trinajstić information content (AvgIpc) is 3.07. The second-order valence-corrected chi connectivity index (χ2v) is 7.35. The Balaban J connectivity index is 1.85. The van der Waals surface area contributed by atoms with Crippen LogP contribution in [0.5, 0.6) is 0 Å². The first-order chi connectivity index (χ1) is 12.2. The Kier molecular flexibility index (Phi) is 5.67. The molecule has 1 amide bonds. The van der Waals surface area contributed by atoms with Gasteiger partial charge in [-0.2, -0.15) is 0 Å². The Morgan fingerprint density at radius 3 is 2.76 bits per heavy atom. The van der Waals surface area contributed by atoms with E-state index in [-0.39, 0.29) is 11.6 Å². The van der Waals surface area contributed by atoms with Crippen molar-refractivity contribution in [1.82, 2.24) is 10.3 Å². The zero-order valence-corrected chi connectivity index (χ0v) is 15.5. The largest absolute Gasteiger partial charge is 0.398 e. The number of thiazole rings is 1. The number of carbonyl (C=O) groups excluding carboxylic acids is 1. The average molecular weight is 371 g/mol. The maximum atomic E-state index is 12.1. The summed E-state index contributed by atoms with van der Waals surface area (Å²) in [7, 11) is 3.01. The van der Waals surface area contributed by atoms with Gasteiger partial charge >= 0.3 is 0 Å². The standard InChI is InChI=1S/C18H17N3O2S2/c1-19-17(22)16(21-23-2)13-8-4-3-7-12(13)11-24-18-20-14-9-5-6-10-15(14)25-18/h3-10H,11H2,1-2H3,(H,19,22)/b21-16+. The van der Waals surface area contributed by atoms with Gasteiger partial charge in [0.15, 0.2) is 10.1 Å². The molecule has 0 spiro atoms. The van der Waals surface area contributed by atoms with Crippen LogP contribution in [0, 0.1) is 0 Å². The van der Waals surface area contributed by atoms with E-state index in [4.69, 9.17) is 4.84 Å². The van der Waals surface area contributed by atoms with Crippen molar-refractivity contribution in [1.29, 1.82) is 0 Å². The molecule has 2 aromatic carbocycles. The molecule has 0 unspecified atom stereocenters. The summed E-state index contributed by atoms with van der Waals surface area (Å²) in [6.07, 6.45) is 0. The number of thioether (sulfide) groups is 1. The number of likely N-dealkylation sites (N-methyl/N-ethyl adjacent to an activating group) is 1. The normalized spacial score (nSPS) is 11.5. The summed E-state index contributed by atoms with van der Waals surface area (Å²) in [5, 5.41) is 6.50. The Bertz CT molecular complexity index is 888. The van der Waals surface area contributed by atoms with Crippen molar-refractivity contribution in [3.8, 4) is 0 Å². The van der Waals surface area contributed by atoms with Gasteiger partial charge in [-0.15, -0.1) is 11.3 Å². The molecule has 0 radical (unpaired) electrons. The van der Waals surface area contributed by atoms with Crippen LogP contribution in [-0.2, 0) is 15.4 Å². The molecule has 3 rings (SSSR count). The summed E-state index contributed by atoms with van der Waals surface area (Å²) in [4.78, 5) is 21.6. The van der Waals surface area contributed by atoms with Gasteiger partial charge in [0.2, 0.25) is 0 Å². The molecule has 0 saturated carbocycles. The van der Waals surface area contributed by atoms with Crippen LogP contribution in [0.1, 0.15) is 11.1 Å². The fraction of sp³-hybridized carbons (Fsp3) is 0.167. The van der Waals surface area contributed by atoms with Crippen molar-refractivity contribution >= 4 is 44.9 Å². The molecule has 7 heteroatoms. The van der Waals surface area contributed by atoms with Gasteiger partial charge in [-0.3, -0.25) is 4.79 Å². The van der Waals surface area contributed by atoms with E-state index in [2.05, 4.69) is 21.5 Å². The number of aromatic nitrogens is 1. The summed E-state index contributed by atoms with van der Waals surface area (Å²) in [6, 6.07) is 15.8. The van der Waals surface area contributed by atoms with Crippen LogP contribution in [0.4, 0.5) is 0 Å². The lowest BCUT2D eigenvalue weighted by Crippen LogP contribution is -2.29. The van der Waals surface area contributed by atoms with Crippen molar-refractivity contribution in [2.45, 2.75) is 10.1 Å². The fourth-order valence-corrected chi connectivity index (χ4v) is 4.42. The highest BCUT2D eigenvalue weighted by atomic mass is 32.2. The Hall–Kier alpha value is -2.38. The van der Waals surface area contributed by atoms with Gasteiger partial charge in [0.25, 0.3) is 5.91 Å². The molecule has 0 aliphatic carbocycles. The van der Waals surface area contributed by atoms with Crippen molar-refractivity contribution in [2.75, 3.05) is 14.2 Å². The third-order valence-electron chi connectivity index (χ3n) is 3.52. The second-order valence-electron chi connectivity index (χ2n) is 5.09. The highest BCUT2D eigenvalue weighted by molar-refractivity contribution is 8.00. The number of carbonyl (C=O) groups is 1. The quantitative estimate of drug-likeness (QED) is 0.408. The molecule has 1 aromatic heterocycles. The van der Waals surface area contributed by atoms with Gasteiger partial charge in [0.05, 0.1) is 10.2 Å². The molecule has 5 nitrogen and oxygen atoms in total. The van der Waals surface area contributed by atoms with Crippen LogP contribution in [0.2, 0.25) is 0 Å². The lowest BCUT2D eigenvalue weighted by molar-refractivity contribution is -0.114. The van der Waals surface area contributed by atoms with Gasteiger partial charge in [-0.25, -0.2) is 4.98 Å². The number of rotatable bonds is 6. The molecule has 0 atom stereocenters. The van der Waals surface area contributed by atoms with Gasteiger partial charge in [-0.1, -0.05) is 53.3 Å². The topological polar surface area (TPSA) is 63.6 Å². The second kappa shape index (κ2) is 8.13. The van der Waals surface area contributed by atoms with Crippen LogP contribution in [0.3, 0.4) is 0 Å². The third kappa shape index (κ3) is 4.00. The molecule has 1 N–H and O–H groups in total. The van der Waals surface area contributed by atoms with Gasteiger partial charge in [0.1, 0.15) is 7.11 Å². The van der Waals surface area contributed by atoms with Gasteiger partial charge < -0.3 is 10.2 Å². The van der Waals surface area contributed by atoms with E-state index >= 15 is 0 Å². The molecule has 0 aliphatic heterocycles. The van der Waals surface area contributed by atoms with E-state index in [1.165, 1.54) is 11.8 Å². The summed E-state index contributed by atoms with van der Waals surface area (Å²) >= 11 is 3.32. The molecule has 0 aliphatic rings. The van der Waals surface area contributed by atoms with Crippen LogP contribution in [0.15, 0.2) is 58.0 Å². The van der Waals surface area contributed by atoms with Crippen molar-refractivity contribution in [3.05, 3.63) is 59.7 Å². The predicted octanol–water partition coefficient (Wildman–Crippen LogP) is 3.69. The highest BCUT2D eigenvalue weighted by Gasteiger charge is 2.17. The van der Waals surface area contributed by atoms with E-state index < -0.39 is 0 Å². The first kappa shape index (κ1) is 17.4. The minimum atomic E-state index is -0.278. The summed E-state index contributed by atoms with van der Waals surface area (Å²) < 4.78 is 2.17. The first-order valence-electron chi connectivity index (χ1n) is 7.63. The molecule has 0 fully saturated rings. The zero-order valence-electron chi connectivity index (χ0n) is 13.9. The van der Waals surface area contributed by atoms with Crippen molar-refractivity contribution in [2.24, 2.45) is 5.16 Å². The number of hydrogen-bond acceptors (Lipinski definition) is 6. The SMILES string of the molecule is CNC(=O)/C(=N/OC)c1ccccc1CSc1nc2ccccc2s1. The number of nitrogens with zero attached hydrogens (tertiary/aromatic N) is 2. The lowest BCUT2D eigenvalue weighted by Gasteiger charge is -2.10. The minimum absolute atomic E-state index is 0.269.